The van der Waals surface area contributed by atoms with Gasteiger partial charge in [0.1, 0.15) is 6.04 Å². The summed E-state index contributed by atoms with van der Waals surface area (Å²) in [5.74, 6) is 0.0898. The van der Waals surface area contributed by atoms with Crippen LogP contribution in [0.1, 0.15) is 46.5 Å². The number of aliphatic carboxylic acids is 1. The summed E-state index contributed by atoms with van der Waals surface area (Å²) in [7, 11) is 1.55. The average molecular weight is 270 g/mol. The molecular weight excluding hydrogens is 244 g/mol. The normalized spacial score (nSPS) is 28.5. The Labute approximate surface area is 115 Å². The average Bonchev–Trinajstić information content (AvgIpc) is 2.35. The van der Waals surface area contributed by atoms with Gasteiger partial charge < -0.3 is 15.3 Å². The number of carbonyl (C=O) groups is 2. The van der Waals surface area contributed by atoms with E-state index in [1.165, 1.54) is 11.3 Å². The molecule has 1 fully saturated rings. The van der Waals surface area contributed by atoms with Gasteiger partial charge in [-0.15, -0.1) is 0 Å². The highest BCUT2D eigenvalue weighted by Crippen LogP contribution is 2.29. The zero-order valence-electron chi connectivity index (χ0n) is 12.3. The summed E-state index contributed by atoms with van der Waals surface area (Å²) >= 11 is 0. The molecule has 0 aromatic heterocycles. The second-order valence-corrected chi connectivity index (χ2v) is 5.70. The maximum atomic E-state index is 12.1. The SMILES string of the molecule is CCC(C(=O)O)N(C)C(=O)NC1CCCC(C)C1C. The largest absolute Gasteiger partial charge is 0.480 e. The van der Waals surface area contributed by atoms with Gasteiger partial charge in [0, 0.05) is 13.1 Å². The van der Waals surface area contributed by atoms with Gasteiger partial charge in [0.25, 0.3) is 0 Å². The summed E-state index contributed by atoms with van der Waals surface area (Å²) in [4.78, 5) is 24.5. The molecule has 5 nitrogen and oxygen atoms in total. The third-order valence-electron chi connectivity index (χ3n) is 4.48. The fourth-order valence-corrected chi connectivity index (χ4v) is 2.80. The molecule has 2 N–H and O–H groups in total. The highest BCUT2D eigenvalue weighted by molar-refractivity contribution is 5.82. The van der Waals surface area contributed by atoms with Crippen molar-refractivity contribution in [3.63, 3.8) is 0 Å². The molecule has 0 aromatic carbocycles. The molecule has 0 saturated heterocycles. The Morgan fingerprint density at radius 2 is 2.00 bits per heavy atom. The summed E-state index contributed by atoms with van der Waals surface area (Å²) in [6.07, 6.45) is 3.72. The van der Waals surface area contributed by atoms with E-state index >= 15 is 0 Å². The minimum Gasteiger partial charge on any atom is -0.480 e. The Morgan fingerprint density at radius 1 is 1.37 bits per heavy atom. The Morgan fingerprint density at radius 3 is 2.53 bits per heavy atom. The monoisotopic (exact) mass is 270 g/mol. The molecule has 4 atom stereocenters. The van der Waals surface area contributed by atoms with Gasteiger partial charge in [0.15, 0.2) is 0 Å². The summed E-state index contributed by atoms with van der Waals surface area (Å²) in [5.41, 5.74) is 0. The van der Waals surface area contributed by atoms with Gasteiger partial charge in [-0.2, -0.15) is 0 Å². The molecule has 1 saturated carbocycles. The summed E-state index contributed by atoms with van der Waals surface area (Å²) in [5, 5.41) is 12.1. The lowest BCUT2D eigenvalue weighted by Gasteiger charge is -2.36. The van der Waals surface area contributed by atoms with Crippen LogP contribution in [0.5, 0.6) is 0 Å². The van der Waals surface area contributed by atoms with E-state index < -0.39 is 12.0 Å². The molecule has 19 heavy (non-hydrogen) atoms. The number of likely N-dealkylation sites (N-methyl/N-ethyl adjacent to an activating group) is 1. The van der Waals surface area contributed by atoms with Gasteiger partial charge >= 0.3 is 12.0 Å². The van der Waals surface area contributed by atoms with Crippen LogP contribution in [0.4, 0.5) is 4.79 Å². The van der Waals surface area contributed by atoms with Crippen molar-refractivity contribution in [1.82, 2.24) is 10.2 Å². The first-order valence-electron chi connectivity index (χ1n) is 7.14. The predicted molar refractivity (Wildman–Crippen MR) is 74.0 cm³/mol. The van der Waals surface area contributed by atoms with Gasteiger partial charge in [-0.25, -0.2) is 9.59 Å². The van der Waals surface area contributed by atoms with Crippen molar-refractivity contribution in [1.29, 1.82) is 0 Å². The van der Waals surface area contributed by atoms with Crippen LogP contribution in [-0.2, 0) is 4.79 Å². The fourth-order valence-electron chi connectivity index (χ4n) is 2.80. The standard InChI is InChI=1S/C14H26N2O3/c1-5-12(13(17)18)16(4)14(19)15-11-8-6-7-9(2)10(11)3/h9-12H,5-8H2,1-4H3,(H,15,19)(H,17,18). The van der Waals surface area contributed by atoms with Crippen LogP contribution in [-0.4, -0.2) is 41.1 Å². The molecular formula is C14H26N2O3. The van der Waals surface area contributed by atoms with E-state index in [1.807, 2.05) is 0 Å². The number of amides is 2. The minimum atomic E-state index is -0.954. The number of rotatable bonds is 4. The number of urea groups is 1. The lowest BCUT2D eigenvalue weighted by Crippen LogP contribution is -2.52. The van der Waals surface area contributed by atoms with Crippen molar-refractivity contribution in [3.05, 3.63) is 0 Å². The van der Waals surface area contributed by atoms with Crippen LogP contribution in [0.3, 0.4) is 0 Å². The predicted octanol–water partition coefficient (Wildman–Crippen LogP) is 2.32. The number of nitrogens with one attached hydrogen (secondary N) is 1. The maximum Gasteiger partial charge on any atom is 0.326 e. The van der Waals surface area contributed by atoms with E-state index in [1.54, 1.807) is 14.0 Å². The third kappa shape index (κ3) is 3.85. The van der Waals surface area contributed by atoms with E-state index in [9.17, 15) is 9.59 Å². The van der Waals surface area contributed by atoms with Crippen LogP contribution in [0, 0.1) is 11.8 Å². The number of carbonyl (C=O) groups excluding carboxylic acids is 1. The first-order chi connectivity index (χ1) is 8.88. The lowest BCUT2D eigenvalue weighted by atomic mass is 9.78. The van der Waals surface area contributed by atoms with Crippen molar-refractivity contribution < 1.29 is 14.7 Å². The first-order valence-corrected chi connectivity index (χ1v) is 7.14. The summed E-state index contributed by atoms with van der Waals surface area (Å²) < 4.78 is 0. The van der Waals surface area contributed by atoms with Crippen LogP contribution in [0.2, 0.25) is 0 Å². The van der Waals surface area contributed by atoms with Gasteiger partial charge in [0.2, 0.25) is 0 Å². The smallest absolute Gasteiger partial charge is 0.326 e. The molecule has 0 heterocycles. The molecule has 0 aromatic rings. The van der Waals surface area contributed by atoms with E-state index in [-0.39, 0.29) is 12.1 Å². The molecule has 5 heteroatoms. The van der Waals surface area contributed by atoms with Crippen molar-refractivity contribution in [3.8, 4) is 0 Å². The third-order valence-corrected chi connectivity index (χ3v) is 4.48. The van der Waals surface area contributed by atoms with Gasteiger partial charge in [0.05, 0.1) is 0 Å². The molecule has 0 radical (unpaired) electrons. The zero-order chi connectivity index (χ0) is 14.6. The second kappa shape index (κ2) is 6.78. The van der Waals surface area contributed by atoms with Crippen molar-refractivity contribution in [2.75, 3.05) is 7.05 Å². The van der Waals surface area contributed by atoms with E-state index in [4.69, 9.17) is 5.11 Å². The summed E-state index contributed by atoms with van der Waals surface area (Å²) in [6, 6.07) is -0.874. The Hall–Kier alpha value is -1.26. The minimum absolute atomic E-state index is 0.157. The highest BCUT2D eigenvalue weighted by atomic mass is 16.4. The number of hydrogen-bond donors (Lipinski definition) is 2. The number of nitrogens with zero attached hydrogens (tertiary/aromatic N) is 1. The van der Waals surface area contributed by atoms with E-state index in [0.717, 1.165) is 12.8 Å². The van der Waals surface area contributed by atoms with Gasteiger partial charge in [-0.05, 0) is 24.7 Å². The summed E-state index contributed by atoms with van der Waals surface area (Å²) in [6.45, 7) is 6.13. The van der Waals surface area contributed by atoms with Gasteiger partial charge in [-0.1, -0.05) is 33.6 Å². The molecule has 0 aliphatic heterocycles. The van der Waals surface area contributed by atoms with Gasteiger partial charge in [-0.3, -0.25) is 0 Å². The zero-order valence-corrected chi connectivity index (χ0v) is 12.3. The molecule has 110 valence electrons. The molecule has 0 spiro atoms. The highest BCUT2D eigenvalue weighted by Gasteiger charge is 2.31. The lowest BCUT2D eigenvalue weighted by molar-refractivity contribution is -0.141. The van der Waals surface area contributed by atoms with Crippen molar-refractivity contribution in [2.45, 2.75) is 58.5 Å². The van der Waals surface area contributed by atoms with Crippen molar-refractivity contribution >= 4 is 12.0 Å². The quantitative estimate of drug-likeness (QED) is 0.823. The second-order valence-electron chi connectivity index (χ2n) is 5.70. The number of carboxylic acid groups (broad SMARTS) is 1. The Bertz CT molecular complexity index is 333. The molecule has 1 aliphatic rings. The van der Waals surface area contributed by atoms with Crippen LogP contribution in [0.25, 0.3) is 0 Å². The Balaban J connectivity index is 2.60. The van der Waals surface area contributed by atoms with Crippen LogP contribution >= 0.6 is 0 Å². The topological polar surface area (TPSA) is 69.6 Å². The molecule has 4 unspecified atom stereocenters. The Kier molecular flexibility index (Phi) is 5.63. The molecule has 2 amide bonds. The number of carboxylic acids is 1. The van der Waals surface area contributed by atoms with Crippen LogP contribution in [0.15, 0.2) is 0 Å². The van der Waals surface area contributed by atoms with Crippen molar-refractivity contribution in [2.24, 2.45) is 11.8 Å². The number of hydrogen-bond acceptors (Lipinski definition) is 2. The molecule has 1 rings (SSSR count). The first kappa shape index (κ1) is 15.8. The van der Waals surface area contributed by atoms with E-state index in [0.29, 0.717) is 18.3 Å². The van der Waals surface area contributed by atoms with E-state index in [2.05, 4.69) is 19.2 Å². The fraction of sp³-hybridized carbons (Fsp3) is 0.857. The molecule has 1 aliphatic carbocycles. The van der Waals surface area contributed by atoms with Crippen LogP contribution < -0.4 is 5.32 Å². The molecule has 0 bridgehead atoms. The maximum absolute atomic E-state index is 12.1.